The number of anilines is 1. The number of rotatable bonds is 7. The van der Waals surface area contributed by atoms with Crippen LogP contribution in [-0.2, 0) is 6.54 Å². The molecule has 2 rings (SSSR count). The highest BCUT2D eigenvalue weighted by molar-refractivity contribution is 7.15. The van der Waals surface area contributed by atoms with Gasteiger partial charge in [-0.2, -0.15) is 0 Å². The fraction of sp³-hybridized carbons (Fsp3) is 0.818. The van der Waals surface area contributed by atoms with E-state index in [1.807, 2.05) is 0 Å². The summed E-state index contributed by atoms with van der Waals surface area (Å²) in [5, 5.41) is 13.6. The van der Waals surface area contributed by atoms with Crippen LogP contribution in [0.25, 0.3) is 0 Å². The average molecular weight is 240 g/mol. The Labute approximate surface area is 101 Å². The molecule has 0 aromatic carbocycles. The van der Waals surface area contributed by atoms with Crippen LogP contribution in [0.1, 0.15) is 31.7 Å². The molecule has 0 bridgehead atoms. The monoisotopic (exact) mass is 240 g/mol. The molecule has 0 saturated heterocycles. The molecule has 1 aromatic heterocycles. The second-order valence-corrected chi connectivity index (χ2v) is 5.36. The summed E-state index contributed by atoms with van der Waals surface area (Å²) in [6, 6.07) is 0. The zero-order valence-electron chi connectivity index (χ0n) is 10.1. The summed E-state index contributed by atoms with van der Waals surface area (Å²) in [7, 11) is 0. The van der Waals surface area contributed by atoms with Crippen molar-refractivity contribution in [3.63, 3.8) is 0 Å². The van der Waals surface area contributed by atoms with E-state index in [1.165, 1.54) is 19.4 Å². The van der Waals surface area contributed by atoms with Crippen molar-refractivity contribution in [3.8, 4) is 0 Å². The van der Waals surface area contributed by atoms with Crippen molar-refractivity contribution in [2.45, 2.75) is 33.2 Å². The lowest BCUT2D eigenvalue weighted by Crippen LogP contribution is -2.25. The molecule has 90 valence electrons. The van der Waals surface area contributed by atoms with Crippen molar-refractivity contribution in [2.24, 2.45) is 5.92 Å². The van der Waals surface area contributed by atoms with E-state index in [4.69, 9.17) is 0 Å². The molecule has 0 unspecified atom stereocenters. The first kappa shape index (κ1) is 11.8. The lowest BCUT2D eigenvalue weighted by Gasteiger charge is -2.17. The van der Waals surface area contributed by atoms with Gasteiger partial charge < -0.3 is 5.32 Å². The smallest absolute Gasteiger partial charge is 0.205 e. The maximum Gasteiger partial charge on any atom is 0.205 e. The molecular formula is C11H20N4S. The Kier molecular flexibility index (Phi) is 4.12. The van der Waals surface area contributed by atoms with Crippen LogP contribution in [-0.4, -0.2) is 34.7 Å². The van der Waals surface area contributed by atoms with Gasteiger partial charge in [0.1, 0.15) is 5.01 Å². The molecule has 0 aliphatic heterocycles. The van der Waals surface area contributed by atoms with E-state index in [-0.39, 0.29) is 0 Å². The second kappa shape index (κ2) is 5.59. The SMILES string of the molecule is CCNc1nnc(CN(CC)CC2CC2)s1. The van der Waals surface area contributed by atoms with Gasteiger partial charge >= 0.3 is 0 Å². The van der Waals surface area contributed by atoms with E-state index in [0.717, 1.165) is 35.7 Å². The highest BCUT2D eigenvalue weighted by atomic mass is 32.1. The van der Waals surface area contributed by atoms with Crippen molar-refractivity contribution in [2.75, 3.05) is 25.0 Å². The highest BCUT2D eigenvalue weighted by Crippen LogP contribution is 2.30. The first-order valence-electron chi connectivity index (χ1n) is 6.10. The first-order chi connectivity index (χ1) is 7.81. The number of hydrogen-bond donors (Lipinski definition) is 1. The molecule has 0 radical (unpaired) electrons. The summed E-state index contributed by atoms with van der Waals surface area (Å²) < 4.78 is 0. The van der Waals surface area contributed by atoms with Crippen molar-refractivity contribution in [1.29, 1.82) is 0 Å². The van der Waals surface area contributed by atoms with Crippen LogP contribution in [0.5, 0.6) is 0 Å². The van der Waals surface area contributed by atoms with Crippen LogP contribution in [0.2, 0.25) is 0 Å². The summed E-state index contributed by atoms with van der Waals surface area (Å²) in [6.07, 6.45) is 2.82. The van der Waals surface area contributed by atoms with Crippen LogP contribution in [0.4, 0.5) is 5.13 Å². The van der Waals surface area contributed by atoms with E-state index >= 15 is 0 Å². The van der Waals surface area contributed by atoms with Gasteiger partial charge in [-0.15, -0.1) is 10.2 Å². The Hall–Kier alpha value is -0.680. The zero-order chi connectivity index (χ0) is 11.4. The van der Waals surface area contributed by atoms with Crippen molar-refractivity contribution >= 4 is 16.5 Å². The van der Waals surface area contributed by atoms with Crippen LogP contribution in [0, 0.1) is 5.92 Å². The third-order valence-corrected chi connectivity index (χ3v) is 3.68. The fourth-order valence-corrected chi connectivity index (χ4v) is 2.55. The largest absolute Gasteiger partial charge is 0.360 e. The lowest BCUT2D eigenvalue weighted by atomic mass is 10.3. The minimum Gasteiger partial charge on any atom is -0.360 e. The molecule has 1 fully saturated rings. The molecule has 1 saturated carbocycles. The molecule has 16 heavy (non-hydrogen) atoms. The molecule has 0 atom stereocenters. The van der Waals surface area contributed by atoms with Gasteiger partial charge in [-0.3, -0.25) is 4.90 Å². The molecule has 5 heteroatoms. The standard InChI is InChI=1S/C11H20N4S/c1-3-12-11-14-13-10(16-11)8-15(4-2)7-9-5-6-9/h9H,3-8H2,1-2H3,(H,12,14). The van der Waals surface area contributed by atoms with Gasteiger partial charge in [0.15, 0.2) is 0 Å². The Bertz CT molecular complexity index is 322. The quantitative estimate of drug-likeness (QED) is 0.793. The van der Waals surface area contributed by atoms with E-state index < -0.39 is 0 Å². The van der Waals surface area contributed by atoms with Gasteiger partial charge in [0.25, 0.3) is 0 Å². The summed E-state index contributed by atoms with van der Waals surface area (Å²) in [5.41, 5.74) is 0. The normalized spacial score (nSPS) is 15.7. The predicted molar refractivity (Wildman–Crippen MR) is 67.7 cm³/mol. The minimum absolute atomic E-state index is 0.911. The molecular weight excluding hydrogens is 220 g/mol. The first-order valence-corrected chi connectivity index (χ1v) is 6.92. The van der Waals surface area contributed by atoms with Crippen molar-refractivity contribution in [3.05, 3.63) is 5.01 Å². The van der Waals surface area contributed by atoms with Crippen molar-refractivity contribution in [1.82, 2.24) is 15.1 Å². The van der Waals surface area contributed by atoms with Gasteiger partial charge in [0.2, 0.25) is 5.13 Å². The number of nitrogens with one attached hydrogen (secondary N) is 1. The Morgan fingerprint density at radius 1 is 1.38 bits per heavy atom. The van der Waals surface area contributed by atoms with Crippen LogP contribution >= 0.6 is 11.3 Å². The predicted octanol–water partition coefficient (Wildman–Crippen LogP) is 2.20. The number of aromatic nitrogens is 2. The van der Waals surface area contributed by atoms with Gasteiger partial charge in [0.05, 0.1) is 6.54 Å². The summed E-state index contributed by atoms with van der Waals surface area (Å²) in [6.45, 7) is 8.49. The minimum atomic E-state index is 0.911. The number of nitrogens with zero attached hydrogens (tertiary/aromatic N) is 3. The van der Waals surface area contributed by atoms with Gasteiger partial charge in [-0.05, 0) is 32.2 Å². The Morgan fingerprint density at radius 2 is 2.19 bits per heavy atom. The van der Waals surface area contributed by atoms with Gasteiger partial charge in [-0.1, -0.05) is 18.3 Å². The Balaban J connectivity index is 1.84. The molecule has 1 aromatic rings. The molecule has 0 amide bonds. The van der Waals surface area contributed by atoms with E-state index in [9.17, 15) is 0 Å². The summed E-state index contributed by atoms with van der Waals surface area (Å²) in [5.74, 6) is 0.945. The fourth-order valence-electron chi connectivity index (χ4n) is 1.70. The second-order valence-electron chi connectivity index (χ2n) is 4.30. The molecule has 1 N–H and O–H groups in total. The maximum absolute atomic E-state index is 4.21. The summed E-state index contributed by atoms with van der Waals surface area (Å²) in [4.78, 5) is 2.47. The molecule has 1 aliphatic carbocycles. The third kappa shape index (κ3) is 3.42. The number of hydrogen-bond acceptors (Lipinski definition) is 5. The Morgan fingerprint density at radius 3 is 2.81 bits per heavy atom. The van der Waals surface area contributed by atoms with E-state index in [2.05, 4.69) is 34.3 Å². The topological polar surface area (TPSA) is 41.1 Å². The van der Waals surface area contributed by atoms with Gasteiger partial charge in [-0.25, -0.2) is 0 Å². The third-order valence-electron chi connectivity index (χ3n) is 2.81. The van der Waals surface area contributed by atoms with Crippen LogP contribution in [0.15, 0.2) is 0 Å². The van der Waals surface area contributed by atoms with Crippen molar-refractivity contribution < 1.29 is 0 Å². The van der Waals surface area contributed by atoms with E-state index in [1.54, 1.807) is 11.3 Å². The van der Waals surface area contributed by atoms with E-state index in [0.29, 0.717) is 0 Å². The lowest BCUT2D eigenvalue weighted by molar-refractivity contribution is 0.267. The zero-order valence-corrected chi connectivity index (χ0v) is 10.9. The van der Waals surface area contributed by atoms with Crippen LogP contribution < -0.4 is 5.32 Å². The average Bonchev–Trinajstić information content (AvgIpc) is 2.99. The highest BCUT2D eigenvalue weighted by Gasteiger charge is 2.24. The van der Waals surface area contributed by atoms with Crippen LogP contribution in [0.3, 0.4) is 0 Å². The molecule has 1 aliphatic rings. The maximum atomic E-state index is 4.21. The molecule has 4 nitrogen and oxygen atoms in total. The summed E-state index contributed by atoms with van der Waals surface area (Å²) >= 11 is 1.67. The molecule has 1 heterocycles. The van der Waals surface area contributed by atoms with Gasteiger partial charge in [0, 0.05) is 13.1 Å². The molecule has 0 spiro atoms.